The van der Waals surface area contributed by atoms with Crippen LogP contribution in [0.4, 0.5) is 5.69 Å². The predicted octanol–water partition coefficient (Wildman–Crippen LogP) is 2.58. The summed E-state index contributed by atoms with van der Waals surface area (Å²) in [5.74, 6) is 0. The molecular formula is C17H24N4. The molecule has 1 aliphatic rings. The molecule has 0 radical (unpaired) electrons. The zero-order valence-corrected chi connectivity index (χ0v) is 13.1. The van der Waals surface area contributed by atoms with Gasteiger partial charge in [-0.15, -0.1) is 0 Å². The lowest BCUT2D eigenvalue weighted by molar-refractivity contribution is 0.324. The summed E-state index contributed by atoms with van der Waals surface area (Å²) >= 11 is 0. The van der Waals surface area contributed by atoms with Gasteiger partial charge in [-0.3, -0.25) is 0 Å². The Morgan fingerprint density at radius 2 is 1.81 bits per heavy atom. The van der Waals surface area contributed by atoms with Gasteiger partial charge in [-0.05, 0) is 50.2 Å². The molecular weight excluding hydrogens is 260 g/mol. The molecule has 1 aliphatic heterocycles. The van der Waals surface area contributed by atoms with Crippen molar-refractivity contribution in [2.45, 2.75) is 25.2 Å². The van der Waals surface area contributed by atoms with Crippen molar-refractivity contribution >= 4 is 5.69 Å². The standard InChI is InChI=1S/C17H24N4/c1-17(8-10-18-11-9-17)16-12-19-13-21(16)15-6-4-14(5-7-15)20(2)3/h4-7,12-13,18H,8-11H2,1-3H3. The third-order valence-electron chi connectivity index (χ3n) is 4.61. The van der Waals surface area contributed by atoms with E-state index >= 15 is 0 Å². The Balaban J connectivity index is 1.95. The molecule has 0 unspecified atom stereocenters. The van der Waals surface area contributed by atoms with Crippen molar-refractivity contribution in [2.24, 2.45) is 0 Å². The fraction of sp³-hybridized carbons (Fsp3) is 0.471. The molecule has 0 spiro atoms. The summed E-state index contributed by atoms with van der Waals surface area (Å²) in [5.41, 5.74) is 3.94. The third kappa shape index (κ3) is 2.68. The number of benzene rings is 1. The van der Waals surface area contributed by atoms with Crippen LogP contribution in [-0.4, -0.2) is 36.7 Å². The molecule has 4 nitrogen and oxygen atoms in total. The summed E-state index contributed by atoms with van der Waals surface area (Å²) in [6.45, 7) is 4.53. The zero-order chi connectivity index (χ0) is 14.9. The number of imidazole rings is 1. The SMILES string of the molecule is CN(C)c1ccc(-n2cncc2C2(C)CCNCC2)cc1. The average Bonchev–Trinajstić information content (AvgIpc) is 2.98. The molecule has 0 bridgehead atoms. The first-order valence-electron chi connectivity index (χ1n) is 7.61. The van der Waals surface area contributed by atoms with Crippen molar-refractivity contribution in [1.29, 1.82) is 0 Å². The van der Waals surface area contributed by atoms with E-state index in [1.807, 2.05) is 12.5 Å². The molecule has 21 heavy (non-hydrogen) atoms. The van der Waals surface area contributed by atoms with E-state index in [4.69, 9.17) is 0 Å². The number of hydrogen-bond acceptors (Lipinski definition) is 3. The topological polar surface area (TPSA) is 33.1 Å². The lowest BCUT2D eigenvalue weighted by atomic mass is 9.78. The Hall–Kier alpha value is -1.81. The van der Waals surface area contributed by atoms with E-state index in [9.17, 15) is 0 Å². The molecule has 1 saturated heterocycles. The van der Waals surface area contributed by atoms with Gasteiger partial charge in [0, 0.05) is 42.8 Å². The van der Waals surface area contributed by atoms with Crippen LogP contribution < -0.4 is 10.2 Å². The highest BCUT2D eigenvalue weighted by Crippen LogP contribution is 2.34. The predicted molar refractivity (Wildman–Crippen MR) is 87.3 cm³/mol. The van der Waals surface area contributed by atoms with E-state index in [0.717, 1.165) is 25.9 Å². The molecule has 1 fully saturated rings. The molecule has 1 aromatic carbocycles. The molecule has 112 valence electrons. The monoisotopic (exact) mass is 284 g/mol. The van der Waals surface area contributed by atoms with E-state index < -0.39 is 0 Å². The first-order valence-corrected chi connectivity index (χ1v) is 7.61. The van der Waals surface area contributed by atoms with Gasteiger partial charge in [-0.25, -0.2) is 4.98 Å². The van der Waals surface area contributed by atoms with Crippen LogP contribution in [0.25, 0.3) is 5.69 Å². The van der Waals surface area contributed by atoms with Crippen molar-refractivity contribution in [3.05, 3.63) is 42.5 Å². The van der Waals surface area contributed by atoms with Crippen molar-refractivity contribution in [2.75, 3.05) is 32.1 Å². The van der Waals surface area contributed by atoms with E-state index in [2.05, 4.69) is 65.1 Å². The van der Waals surface area contributed by atoms with E-state index in [1.165, 1.54) is 17.1 Å². The number of hydrogen-bond donors (Lipinski definition) is 1. The Morgan fingerprint density at radius 3 is 2.43 bits per heavy atom. The minimum absolute atomic E-state index is 0.210. The molecule has 1 aromatic heterocycles. The molecule has 0 aliphatic carbocycles. The highest BCUT2D eigenvalue weighted by atomic mass is 15.1. The van der Waals surface area contributed by atoms with Gasteiger partial charge < -0.3 is 14.8 Å². The van der Waals surface area contributed by atoms with Crippen LogP contribution in [-0.2, 0) is 5.41 Å². The van der Waals surface area contributed by atoms with Gasteiger partial charge in [0.25, 0.3) is 0 Å². The Labute approximate surface area is 126 Å². The average molecular weight is 284 g/mol. The van der Waals surface area contributed by atoms with Crippen molar-refractivity contribution in [1.82, 2.24) is 14.9 Å². The summed E-state index contributed by atoms with van der Waals surface area (Å²) in [6, 6.07) is 8.66. The van der Waals surface area contributed by atoms with Gasteiger partial charge in [0.1, 0.15) is 0 Å². The number of nitrogens with zero attached hydrogens (tertiary/aromatic N) is 3. The van der Waals surface area contributed by atoms with Crippen LogP contribution in [0.3, 0.4) is 0 Å². The summed E-state index contributed by atoms with van der Waals surface area (Å²) in [5, 5.41) is 3.45. The minimum Gasteiger partial charge on any atom is -0.378 e. The van der Waals surface area contributed by atoms with E-state index in [-0.39, 0.29) is 5.41 Å². The first-order chi connectivity index (χ1) is 10.1. The number of piperidine rings is 1. The van der Waals surface area contributed by atoms with Crippen LogP contribution in [0.1, 0.15) is 25.5 Å². The summed E-state index contributed by atoms with van der Waals surface area (Å²) in [4.78, 5) is 6.53. The molecule has 0 atom stereocenters. The maximum Gasteiger partial charge on any atom is 0.0994 e. The summed E-state index contributed by atoms with van der Waals surface area (Å²) < 4.78 is 2.24. The molecule has 0 saturated carbocycles. The van der Waals surface area contributed by atoms with Crippen LogP contribution >= 0.6 is 0 Å². The molecule has 2 heterocycles. The van der Waals surface area contributed by atoms with Gasteiger partial charge in [-0.1, -0.05) is 6.92 Å². The largest absolute Gasteiger partial charge is 0.378 e. The van der Waals surface area contributed by atoms with Crippen LogP contribution in [0.15, 0.2) is 36.8 Å². The number of anilines is 1. The second-order valence-electron chi connectivity index (χ2n) is 6.37. The molecule has 0 amide bonds. The lowest BCUT2D eigenvalue weighted by Crippen LogP contribution is -2.38. The van der Waals surface area contributed by atoms with E-state index in [0.29, 0.717) is 0 Å². The van der Waals surface area contributed by atoms with Gasteiger partial charge in [0.05, 0.1) is 6.33 Å². The lowest BCUT2D eigenvalue weighted by Gasteiger charge is -2.34. The number of aromatic nitrogens is 2. The normalized spacial score (nSPS) is 17.7. The smallest absolute Gasteiger partial charge is 0.0994 e. The number of nitrogens with one attached hydrogen (secondary N) is 1. The molecule has 1 N–H and O–H groups in total. The highest BCUT2D eigenvalue weighted by molar-refractivity contribution is 5.50. The zero-order valence-electron chi connectivity index (χ0n) is 13.1. The fourth-order valence-electron chi connectivity index (χ4n) is 3.09. The Bertz CT molecular complexity index is 592. The Kier molecular flexibility index (Phi) is 3.72. The van der Waals surface area contributed by atoms with Gasteiger partial charge in [0.15, 0.2) is 0 Å². The van der Waals surface area contributed by atoms with Crippen molar-refractivity contribution in [3.63, 3.8) is 0 Å². The minimum atomic E-state index is 0.210. The first kappa shape index (κ1) is 14.1. The van der Waals surface area contributed by atoms with Crippen LogP contribution in [0, 0.1) is 0 Å². The maximum atomic E-state index is 4.41. The van der Waals surface area contributed by atoms with Crippen molar-refractivity contribution in [3.8, 4) is 5.69 Å². The second kappa shape index (κ2) is 5.53. The van der Waals surface area contributed by atoms with Crippen molar-refractivity contribution < 1.29 is 0 Å². The van der Waals surface area contributed by atoms with Gasteiger partial charge >= 0.3 is 0 Å². The van der Waals surface area contributed by atoms with Gasteiger partial charge in [0.2, 0.25) is 0 Å². The maximum absolute atomic E-state index is 4.41. The quantitative estimate of drug-likeness (QED) is 0.940. The molecule has 3 rings (SSSR count). The number of rotatable bonds is 3. The fourth-order valence-corrected chi connectivity index (χ4v) is 3.09. The third-order valence-corrected chi connectivity index (χ3v) is 4.61. The highest BCUT2D eigenvalue weighted by Gasteiger charge is 2.31. The summed E-state index contributed by atoms with van der Waals surface area (Å²) in [7, 11) is 4.13. The van der Waals surface area contributed by atoms with E-state index in [1.54, 1.807) is 0 Å². The summed E-state index contributed by atoms with van der Waals surface area (Å²) in [6.07, 6.45) is 6.29. The second-order valence-corrected chi connectivity index (χ2v) is 6.37. The Morgan fingerprint density at radius 1 is 1.14 bits per heavy atom. The molecule has 2 aromatic rings. The molecule has 4 heteroatoms. The van der Waals surface area contributed by atoms with Crippen LogP contribution in [0.5, 0.6) is 0 Å². The van der Waals surface area contributed by atoms with Crippen LogP contribution in [0.2, 0.25) is 0 Å². The van der Waals surface area contributed by atoms with Gasteiger partial charge in [-0.2, -0.15) is 0 Å².